The van der Waals surface area contributed by atoms with Crippen molar-refractivity contribution in [2.75, 3.05) is 4.72 Å². The Morgan fingerprint density at radius 1 is 1.07 bits per heavy atom. The molecular weight excluding hydrogens is 396 g/mol. The molecule has 0 aliphatic carbocycles. The molecule has 0 aliphatic heterocycles. The number of nitrogens with one attached hydrogen (secondary N) is 1. The van der Waals surface area contributed by atoms with Gasteiger partial charge in [-0.05, 0) is 42.8 Å². The molecule has 29 heavy (non-hydrogen) atoms. The van der Waals surface area contributed by atoms with Crippen LogP contribution in [-0.4, -0.2) is 17.8 Å². The van der Waals surface area contributed by atoms with Gasteiger partial charge >= 0.3 is 0 Å². The zero-order valence-corrected chi connectivity index (χ0v) is 16.2. The van der Waals surface area contributed by atoms with Gasteiger partial charge < -0.3 is 4.40 Å². The number of hydrogen-bond acceptors (Lipinski definition) is 3. The third-order valence-corrected chi connectivity index (χ3v) is 5.72. The quantitative estimate of drug-likeness (QED) is 0.523. The average molecular weight is 413 g/mol. The van der Waals surface area contributed by atoms with Gasteiger partial charge in [-0.15, -0.1) is 0 Å². The van der Waals surface area contributed by atoms with Crippen molar-refractivity contribution in [1.82, 2.24) is 9.38 Å². The summed E-state index contributed by atoms with van der Waals surface area (Å²) >= 11 is 0. The number of hydrogen-bond donors (Lipinski definition) is 1. The summed E-state index contributed by atoms with van der Waals surface area (Å²) in [6.45, 7) is 1.94. The Hall–Kier alpha value is -3.26. The second-order valence-electron chi connectivity index (χ2n) is 6.69. The second kappa shape index (κ2) is 7.29. The number of benzene rings is 2. The van der Waals surface area contributed by atoms with E-state index in [4.69, 9.17) is 0 Å². The second-order valence-corrected chi connectivity index (χ2v) is 8.41. The smallest absolute Gasteiger partial charge is 0.237 e. The van der Waals surface area contributed by atoms with E-state index in [2.05, 4.69) is 9.71 Å². The Morgan fingerprint density at radius 3 is 2.66 bits per heavy atom. The van der Waals surface area contributed by atoms with E-state index in [1.54, 1.807) is 24.3 Å². The molecular formula is C21H17F2N3O2S. The van der Waals surface area contributed by atoms with Crippen LogP contribution >= 0.6 is 0 Å². The lowest BCUT2D eigenvalue weighted by Gasteiger charge is -2.12. The minimum absolute atomic E-state index is 0.238. The number of imidazole rings is 1. The van der Waals surface area contributed by atoms with Gasteiger partial charge in [0, 0.05) is 23.5 Å². The Balaban J connectivity index is 1.69. The normalized spacial score (nSPS) is 11.7. The molecule has 2 heterocycles. The molecule has 0 unspecified atom stereocenters. The maximum absolute atomic E-state index is 13.9. The van der Waals surface area contributed by atoms with E-state index >= 15 is 0 Å². The predicted octanol–water partition coefficient (Wildman–Crippen LogP) is 4.53. The van der Waals surface area contributed by atoms with E-state index in [0.717, 1.165) is 29.4 Å². The number of fused-ring (bicyclic) bond motifs is 1. The number of sulfonamides is 1. The Bertz CT molecular complexity index is 1320. The molecule has 0 fully saturated rings. The van der Waals surface area contributed by atoms with Gasteiger partial charge in [0.1, 0.15) is 17.3 Å². The SMILES string of the molecule is Cc1cccn2cc(-c3ccccc3NS(=O)(=O)Cc3cc(F)ccc3F)nc12. The van der Waals surface area contributed by atoms with Crippen molar-refractivity contribution in [2.24, 2.45) is 0 Å². The van der Waals surface area contributed by atoms with E-state index in [0.29, 0.717) is 16.9 Å². The predicted molar refractivity (Wildman–Crippen MR) is 108 cm³/mol. The van der Waals surface area contributed by atoms with Crippen molar-refractivity contribution >= 4 is 21.4 Å². The van der Waals surface area contributed by atoms with Crippen LogP contribution in [0.1, 0.15) is 11.1 Å². The molecule has 1 N–H and O–H groups in total. The van der Waals surface area contributed by atoms with Gasteiger partial charge in [-0.3, -0.25) is 4.72 Å². The fourth-order valence-corrected chi connectivity index (χ4v) is 4.36. The van der Waals surface area contributed by atoms with Gasteiger partial charge in [-0.1, -0.05) is 24.3 Å². The van der Waals surface area contributed by atoms with E-state index in [1.807, 2.05) is 35.9 Å². The molecule has 5 nitrogen and oxygen atoms in total. The maximum atomic E-state index is 13.9. The molecule has 4 aromatic rings. The van der Waals surface area contributed by atoms with E-state index in [-0.39, 0.29) is 5.56 Å². The molecule has 0 spiro atoms. The topological polar surface area (TPSA) is 63.5 Å². The molecule has 0 aliphatic rings. The molecule has 0 radical (unpaired) electrons. The van der Waals surface area contributed by atoms with Crippen LogP contribution in [0.5, 0.6) is 0 Å². The van der Waals surface area contributed by atoms with Crippen LogP contribution in [0.3, 0.4) is 0 Å². The average Bonchev–Trinajstić information content (AvgIpc) is 3.10. The summed E-state index contributed by atoms with van der Waals surface area (Å²) < 4.78 is 56.8. The van der Waals surface area contributed by atoms with Crippen molar-refractivity contribution in [3.05, 3.63) is 89.8 Å². The molecule has 2 aromatic heterocycles. The van der Waals surface area contributed by atoms with Gasteiger partial charge in [-0.25, -0.2) is 22.2 Å². The molecule has 0 atom stereocenters. The van der Waals surface area contributed by atoms with Crippen LogP contribution in [0.15, 0.2) is 67.0 Å². The lowest BCUT2D eigenvalue weighted by molar-refractivity contribution is 0.581. The number of aryl methyl sites for hydroxylation is 1. The summed E-state index contributed by atoms with van der Waals surface area (Å²) in [4.78, 5) is 4.60. The molecule has 2 aromatic carbocycles. The first kappa shape index (κ1) is 19.1. The molecule has 8 heteroatoms. The van der Waals surface area contributed by atoms with Crippen LogP contribution in [-0.2, 0) is 15.8 Å². The molecule has 4 rings (SSSR count). The van der Waals surface area contributed by atoms with Crippen LogP contribution in [0.25, 0.3) is 16.9 Å². The lowest BCUT2D eigenvalue weighted by Crippen LogP contribution is -2.16. The lowest BCUT2D eigenvalue weighted by atomic mass is 10.1. The molecule has 0 amide bonds. The van der Waals surface area contributed by atoms with E-state index < -0.39 is 27.4 Å². The third-order valence-electron chi connectivity index (χ3n) is 4.50. The van der Waals surface area contributed by atoms with E-state index in [9.17, 15) is 17.2 Å². The van der Waals surface area contributed by atoms with Gasteiger partial charge in [0.15, 0.2) is 0 Å². The summed E-state index contributed by atoms with van der Waals surface area (Å²) in [6.07, 6.45) is 3.67. The van der Waals surface area contributed by atoms with Crippen LogP contribution in [0.4, 0.5) is 14.5 Å². The highest BCUT2D eigenvalue weighted by Crippen LogP contribution is 2.29. The first-order valence-corrected chi connectivity index (χ1v) is 10.5. The highest BCUT2D eigenvalue weighted by atomic mass is 32.2. The first-order chi connectivity index (χ1) is 13.8. The zero-order valence-electron chi connectivity index (χ0n) is 15.4. The van der Waals surface area contributed by atoms with Gasteiger partial charge in [-0.2, -0.15) is 0 Å². The zero-order chi connectivity index (χ0) is 20.6. The number of rotatable bonds is 5. The van der Waals surface area contributed by atoms with Crippen molar-refractivity contribution in [3.63, 3.8) is 0 Å². The summed E-state index contributed by atoms with van der Waals surface area (Å²) in [5, 5.41) is 0. The molecule has 0 saturated heterocycles. The Kier molecular flexibility index (Phi) is 4.79. The monoisotopic (exact) mass is 413 g/mol. The summed E-state index contributed by atoms with van der Waals surface area (Å²) in [5.41, 5.74) is 3.00. The van der Waals surface area contributed by atoms with Crippen molar-refractivity contribution in [2.45, 2.75) is 12.7 Å². The van der Waals surface area contributed by atoms with Crippen molar-refractivity contribution in [3.8, 4) is 11.3 Å². The first-order valence-electron chi connectivity index (χ1n) is 8.80. The Morgan fingerprint density at radius 2 is 1.86 bits per heavy atom. The fraction of sp³-hybridized carbons (Fsp3) is 0.0952. The number of aromatic nitrogens is 2. The molecule has 148 valence electrons. The minimum atomic E-state index is -3.99. The molecule has 0 bridgehead atoms. The van der Waals surface area contributed by atoms with E-state index in [1.165, 1.54) is 0 Å². The molecule has 0 saturated carbocycles. The van der Waals surface area contributed by atoms with Crippen molar-refractivity contribution < 1.29 is 17.2 Å². The largest absolute Gasteiger partial charge is 0.306 e. The van der Waals surface area contributed by atoms with Crippen LogP contribution < -0.4 is 4.72 Å². The highest BCUT2D eigenvalue weighted by Gasteiger charge is 2.18. The van der Waals surface area contributed by atoms with Crippen LogP contribution in [0.2, 0.25) is 0 Å². The summed E-state index contributed by atoms with van der Waals surface area (Å²) in [6, 6.07) is 13.4. The summed E-state index contributed by atoms with van der Waals surface area (Å²) in [7, 11) is -3.99. The van der Waals surface area contributed by atoms with Crippen molar-refractivity contribution in [1.29, 1.82) is 0 Å². The fourth-order valence-electron chi connectivity index (χ4n) is 3.14. The highest BCUT2D eigenvalue weighted by molar-refractivity contribution is 7.91. The van der Waals surface area contributed by atoms with Crippen LogP contribution in [0, 0.1) is 18.6 Å². The van der Waals surface area contributed by atoms with Gasteiger partial charge in [0.05, 0.1) is 17.1 Å². The van der Waals surface area contributed by atoms with Gasteiger partial charge in [0.25, 0.3) is 0 Å². The number of halogens is 2. The minimum Gasteiger partial charge on any atom is -0.306 e. The Labute approximate surface area is 166 Å². The standard InChI is InChI=1S/C21H17F2N3O2S/c1-14-5-4-10-26-12-20(24-21(14)26)17-6-2-3-7-19(17)25-29(27,28)13-15-11-16(22)8-9-18(15)23/h2-12,25H,13H2,1H3. The number of nitrogens with zero attached hydrogens (tertiary/aromatic N) is 2. The number of pyridine rings is 1. The third kappa shape index (κ3) is 3.97. The number of anilines is 1. The van der Waals surface area contributed by atoms with Gasteiger partial charge in [0.2, 0.25) is 10.0 Å². The number of para-hydroxylation sites is 1. The summed E-state index contributed by atoms with van der Waals surface area (Å²) in [5.74, 6) is -2.16. The maximum Gasteiger partial charge on any atom is 0.237 e.